The third-order valence-electron chi connectivity index (χ3n) is 3.87. The Hall–Kier alpha value is -2.58. The number of nitrogen functional groups attached to an aromatic ring is 1. The molecule has 0 unspecified atom stereocenters. The summed E-state index contributed by atoms with van der Waals surface area (Å²) < 4.78 is 38.4. The second-order valence-corrected chi connectivity index (χ2v) is 5.67. The molecule has 1 saturated carbocycles. The summed E-state index contributed by atoms with van der Waals surface area (Å²) in [5.74, 6) is -2.01. The number of hydrogen-bond acceptors (Lipinski definition) is 5. The van der Waals surface area contributed by atoms with Crippen LogP contribution in [0.4, 0.5) is 14.4 Å². The lowest BCUT2D eigenvalue weighted by molar-refractivity contribution is 0.0716. The highest BCUT2D eigenvalue weighted by Crippen LogP contribution is 2.41. The monoisotopic (exact) mass is 336 g/mol. The van der Waals surface area contributed by atoms with Crippen molar-refractivity contribution >= 4 is 29.8 Å². The summed E-state index contributed by atoms with van der Waals surface area (Å²) in [5, 5.41) is 0.0265. The number of hydrogen-bond donors (Lipinski definition) is 1. The molecule has 0 amide bonds. The van der Waals surface area contributed by atoms with Gasteiger partial charge in [-0.1, -0.05) is 0 Å². The molecular weight excluding hydrogens is 321 g/mol. The Bertz CT molecular complexity index is 893. The van der Waals surface area contributed by atoms with Crippen molar-refractivity contribution in [3.05, 3.63) is 33.9 Å². The SMILES string of the molecule is COc1c(F)c(N)cc2c(=O)c(C(=O)OB(C)F)cn(C3CC3)c12. The summed E-state index contributed by atoms with van der Waals surface area (Å²) in [5.41, 5.74) is 4.51. The quantitative estimate of drug-likeness (QED) is 0.684. The molecule has 3 rings (SSSR count). The van der Waals surface area contributed by atoms with E-state index in [1.807, 2.05) is 0 Å². The Labute approximate surface area is 136 Å². The summed E-state index contributed by atoms with van der Waals surface area (Å²) in [6, 6.07) is 1.16. The lowest BCUT2D eigenvalue weighted by atomic mass is 10.0. The number of carbonyl (C=O) groups excluding carboxylic acids is 1. The van der Waals surface area contributed by atoms with Crippen LogP contribution in [0, 0.1) is 5.82 Å². The second-order valence-electron chi connectivity index (χ2n) is 5.67. The molecule has 0 spiro atoms. The molecule has 1 aromatic heterocycles. The molecule has 1 aromatic carbocycles. The molecule has 24 heavy (non-hydrogen) atoms. The van der Waals surface area contributed by atoms with Crippen molar-refractivity contribution in [2.24, 2.45) is 0 Å². The minimum Gasteiger partial charge on any atom is -0.503 e. The smallest absolute Gasteiger partial charge is 0.503 e. The second kappa shape index (κ2) is 5.81. The predicted octanol–water partition coefficient (Wildman–Crippen LogP) is 2.31. The molecule has 1 heterocycles. The number of nitrogens with two attached hydrogens (primary N) is 1. The van der Waals surface area contributed by atoms with Gasteiger partial charge in [-0.3, -0.25) is 9.11 Å². The van der Waals surface area contributed by atoms with Crippen molar-refractivity contribution in [3.63, 3.8) is 0 Å². The first-order valence-corrected chi connectivity index (χ1v) is 7.41. The minimum atomic E-state index is -1.85. The van der Waals surface area contributed by atoms with Gasteiger partial charge < -0.3 is 19.7 Å². The van der Waals surface area contributed by atoms with Crippen molar-refractivity contribution in [2.75, 3.05) is 12.8 Å². The number of fused-ring (bicyclic) bond motifs is 1. The molecule has 0 bridgehead atoms. The Balaban J connectivity index is 2.35. The molecule has 0 aliphatic heterocycles. The van der Waals surface area contributed by atoms with E-state index in [1.165, 1.54) is 13.3 Å². The highest BCUT2D eigenvalue weighted by molar-refractivity contribution is 6.44. The number of aromatic nitrogens is 1. The van der Waals surface area contributed by atoms with Crippen molar-refractivity contribution in [2.45, 2.75) is 25.7 Å². The van der Waals surface area contributed by atoms with E-state index in [2.05, 4.69) is 4.65 Å². The molecule has 9 heteroatoms. The van der Waals surface area contributed by atoms with E-state index in [-0.39, 0.29) is 33.9 Å². The van der Waals surface area contributed by atoms with E-state index >= 15 is 0 Å². The van der Waals surface area contributed by atoms with E-state index in [9.17, 15) is 18.3 Å². The fourth-order valence-corrected chi connectivity index (χ4v) is 2.66. The number of nitrogens with zero attached hydrogens (tertiary/aromatic N) is 1. The summed E-state index contributed by atoms with van der Waals surface area (Å²) in [6.45, 7) is 1.04. The first-order chi connectivity index (χ1) is 11.3. The number of rotatable bonds is 4. The highest BCUT2D eigenvalue weighted by Gasteiger charge is 2.30. The Morgan fingerprint density at radius 2 is 2.12 bits per heavy atom. The van der Waals surface area contributed by atoms with Crippen LogP contribution in [-0.2, 0) is 4.65 Å². The maximum atomic E-state index is 14.3. The minimum absolute atomic E-state index is 0.000579. The summed E-state index contributed by atoms with van der Waals surface area (Å²) >= 11 is 0. The first-order valence-electron chi connectivity index (χ1n) is 7.41. The summed E-state index contributed by atoms with van der Waals surface area (Å²) in [7, 11) is -0.582. The first kappa shape index (κ1) is 16.3. The number of halogens is 2. The van der Waals surface area contributed by atoms with Crippen molar-refractivity contribution in [1.29, 1.82) is 0 Å². The average molecular weight is 336 g/mol. The van der Waals surface area contributed by atoms with Crippen LogP contribution in [0.5, 0.6) is 5.75 Å². The molecule has 0 atom stereocenters. The normalized spacial score (nSPS) is 13.8. The zero-order valence-electron chi connectivity index (χ0n) is 13.1. The van der Waals surface area contributed by atoms with E-state index in [4.69, 9.17) is 10.5 Å². The molecule has 1 aliphatic rings. The van der Waals surface area contributed by atoms with Crippen molar-refractivity contribution < 1.29 is 22.9 Å². The molecule has 2 aromatic rings. The maximum Gasteiger partial charge on any atom is 0.563 e. The molecule has 1 aliphatic carbocycles. The van der Waals surface area contributed by atoms with Gasteiger partial charge in [-0.15, -0.1) is 0 Å². The van der Waals surface area contributed by atoms with Crippen LogP contribution in [0.2, 0.25) is 6.82 Å². The standard InChI is InChI=1S/C15H15BF2N2O4/c1-16(18)24-15(22)9-6-20(7-3-4-7)12-8(13(9)21)5-10(19)11(17)14(12)23-2/h5-7H,3-4,19H2,1-2H3. The van der Waals surface area contributed by atoms with Crippen LogP contribution in [0.3, 0.4) is 0 Å². The van der Waals surface area contributed by atoms with Gasteiger partial charge in [0.15, 0.2) is 11.6 Å². The zero-order valence-corrected chi connectivity index (χ0v) is 13.1. The van der Waals surface area contributed by atoms with Crippen LogP contribution in [0.1, 0.15) is 29.2 Å². The van der Waals surface area contributed by atoms with Gasteiger partial charge >= 0.3 is 13.2 Å². The third kappa shape index (κ3) is 2.59. The largest absolute Gasteiger partial charge is 0.563 e. The molecule has 1 fully saturated rings. The topological polar surface area (TPSA) is 83.6 Å². The molecule has 6 nitrogen and oxygen atoms in total. The van der Waals surface area contributed by atoms with E-state index in [0.717, 1.165) is 25.7 Å². The van der Waals surface area contributed by atoms with Crippen LogP contribution in [-0.4, -0.2) is 24.8 Å². The number of carbonyl (C=O) groups is 1. The van der Waals surface area contributed by atoms with Gasteiger partial charge in [-0.25, -0.2) is 9.18 Å². The number of anilines is 1. The number of benzene rings is 1. The van der Waals surface area contributed by atoms with E-state index in [1.54, 1.807) is 4.57 Å². The maximum absolute atomic E-state index is 14.3. The van der Waals surface area contributed by atoms with Crippen molar-refractivity contribution in [1.82, 2.24) is 4.57 Å². The van der Waals surface area contributed by atoms with E-state index < -0.39 is 24.4 Å². The van der Waals surface area contributed by atoms with E-state index in [0.29, 0.717) is 0 Å². The Kier molecular flexibility index (Phi) is 3.94. The number of ether oxygens (including phenoxy) is 1. The van der Waals surface area contributed by atoms with Gasteiger partial charge in [0.2, 0.25) is 5.43 Å². The van der Waals surface area contributed by atoms with Crippen LogP contribution < -0.4 is 15.9 Å². The lowest BCUT2D eigenvalue weighted by Crippen LogP contribution is -2.24. The predicted molar refractivity (Wildman–Crippen MR) is 85.5 cm³/mol. The Morgan fingerprint density at radius 1 is 1.46 bits per heavy atom. The third-order valence-corrected chi connectivity index (χ3v) is 3.87. The summed E-state index contributed by atoms with van der Waals surface area (Å²) in [6.07, 6.45) is 2.88. The van der Waals surface area contributed by atoms with Gasteiger partial charge in [0, 0.05) is 12.2 Å². The van der Waals surface area contributed by atoms with Gasteiger partial charge in [0.05, 0.1) is 23.7 Å². The summed E-state index contributed by atoms with van der Waals surface area (Å²) in [4.78, 5) is 24.6. The van der Waals surface area contributed by atoms with Crippen molar-refractivity contribution in [3.8, 4) is 5.75 Å². The lowest BCUT2D eigenvalue weighted by Gasteiger charge is -2.16. The van der Waals surface area contributed by atoms with Crippen LogP contribution in [0.25, 0.3) is 10.9 Å². The average Bonchev–Trinajstić information content (AvgIpc) is 3.34. The van der Waals surface area contributed by atoms with Crippen LogP contribution in [0.15, 0.2) is 17.1 Å². The Morgan fingerprint density at radius 3 is 2.67 bits per heavy atom. The van der Waals surface area contributed by atoms with Gasteiger partial charge in [-0.2, -0.15) is 0 Å². The highest BCUT2D eigenvalue weighted by atomic mass is 19.1. The molecule has 2 N–H and O–H groups in total. The fourth-order valence-electron chi connectivity index (χ4n) is 2.66. The van der Waals surface area contributed by atoms with Crippen LogP contribution >= 0.6 is 0 Å². The van der Waals surface area contributed by atoms with Gasteiger partial charge in [0.1, 0.15) is 5.56 Å². The zero-order chi connectivity index (χ0) is 17.6. The number of pyridine rings is 1. The van der Waals surface area contributed by atoms with Gasteiger partial charge in [0.25, 0.3) is 0 Å². The fraction of sp³-hybridized carbons (Fsp3) is 0.333. The molecule has 126 valence electrons. The molecule has 0 saturated heterocycles. The van der Waals surface area contributed by atoms with Gasteiger partial charge in [-0.05, 0) is 25.7 Å². The number of methoxy groups -OCH3 is 1. The molecule has 0 radical (unpaired) electrons. The molecular formula is C15H15BF2N2O4.